The first-order valence-corrected chi connectivity index (χ1v) is 14.2. The second kappa shape index (κ2) is 10.2. The number of oxazole rings is 1. The van der Waals surface area contributed by atoms with Gasteiger partial charge in [-0.3, -0.25) is 13.9 Å². The number of carbonyl (C=O) groups excluding carboxylic acids is 1. The molecule has 5 rings (SSSR count). The molecule has 0 bridgehead atoms. The summed E-state index contributed by atoms with van der Waals surface area (Å²) in [5.74, 6) is 0.750. The van der Waals surface area contributed by atoms with Crippen molar-refractivity contribution in [3.05, 3.63) is 60.0 Å². The average molecular weight is 515 g/mol. The van der Waals surface area contributed by atoms with Gasteiger partial charge in [0.2, 0.25) is 5.89 Å². The van der Waals surface area contributed by atoms with E-state index < -0.39 is 10.6 Å². The summed E-state index contributed by atoms with van der Waals surface area (Å²) >= 11 is 0. The number of esters is 1. The Labute approximate surface area is 211 Å². The highest BCUT2D eigenvalue weighted by Crippen LogP contribution is 2.44. The number of carbonyl (C=O) groups is 1. The van der Waals surface area contributed by atoms with Gasteiger partial charge >= 0.3 is 5.97 Å². The largest absolute Gasteiger partial charge is 0.469 e. The molecule has 2 aromatic carbocycles. The van der Waals surface area contributed by atoms with E-state index in [9.17, 15) is 18.3 Å². The number of aromatic nitrogens is 1. The zero-order valence-corrected chi connectivity index (χ0v) is 21.0. The number of anilines is 1. The maximum Gasteiger partial charge on any atom is 0.309 e. The Bertz CT molecular complexity index is 1200. The molecule has 3 aromatic rings. The Morgan fingerprint density at radius 3 is 2.33 bits per heavy atom. The van der Waals surface area contributed by atoms with E-state index >= 15 is 0 Å². The van der Waals surface area contributed by atoms with Crippen LogP contribution < -0.4 is 4.90 Å². The summed E-state index contributed by atoms with van der Waals surface area (Å²) in [7, 11) is -1.04. The van der Waals surface area contributed by atoms with Gasteiger partial charge in [0.25, 0.3) is 0 Å². The van der Waals surface area contributed by atoms with Gasteiger partial charge in [0.1, 0.15) is 5.82 Å². The lowest BCUT2D eigenvalue weighted by Crippen LogP contribution is -2.38. The first-order chi connectivity index (χ1) is 17.3. The first-order valence-electron chi connectivity index (χ1n) is 12.3. The summed E-state index contributed by atoms with van der Waals surface area (Å²) in [5, 5.41) is 0. The van der Waals surface area contributed by atoms with E-state index in [1.165, 1.54) is 19.2 Å². The molecule has 1 aromatic heterocycles. The van der Waals surface area contributed by atoms with E-state index in [4.69, 9.17) is 14.1 Å². The van der Waals surface area contributed by atoms with E-state index in [-0.39, 0.29) is 23.6 Å². The fraction of sp³-hybridized carbons (Fsp3) is 0.407. The highest BCUT2D eigenvalue weighted by molar-refractivity contribution is 8.24. The molecule has 2 N–H and O–H groups in total. The van der Waals surface area contributed by atoms with Crippen LogP contribution in [0.2, 0.25) is 0 Å². The smallest absolute Gasteiger partial charge is 0.309 e. The number of methoxy groups -OCH3 is 1. The molecule has 0 spiro atoms. The molecule has 192 valence electrons. The molecule has 0 radical (unpaired) electrons. The molecule has 1 saturated carbocycles. The van der Waals surface area contributed by atoms with Crippen LogP contribution in [0, 0.1) is 11.7 Å². The minimum Gasteiger partial charge on any atom is -0.469 e. The van der Waals surface area contributed by atoms with E-state index in [0.29, 0.717) is 41.8 Å². The Hall–Kier alpha value is -2.88. The van der Waals surface area contributed by atoms with Crippen LogP contribution in [0.5, 0.6) is 0 Å². The van der Waals surface area contributed by atoms with Crippen molar-refractivity contribution in [2.45, 2.75) is 31.6 Å². The molecule has 2 unspecified atom stereocenters. The lowest BCUT2D eigenvalue weighted by Gasteiger charge is -2.41. The Morgan fingerprint density at radius 1 is 1.03 bits per heavy atom. The summed E-state index contributed by atoms with van der Waals surface area (Å²) in [5.41, 5.74) is 3.23. The number of hydrogen-bond donors (Lipinski definition) is 2. The summed E-state index contributed by atoms with van der Waals surface area (Å²) in [6.45, 7) is 1.18. The van der Waals surface area contributed by atoms with Crippen molar-refractivity contribution in [3.63, 3.8) is 0 Å². The van der Waals surface area contributed by atoms with Gasteiger partial charge in [0, 0.05) is 35.8 Å². The molecule has 2 aliphatic rings. The molecule has 2 fully saturated rings. The monoisotopic (exact) mass is 514 g/mol. The Balaban J connectivity index is 1.51. The van der Waals surface area contributed by atoms with Gasteiger partial charge in [0.05, 0.1) is 30.2 Å². The SMILES string of the molecule is COC(=O)C1CCCCC1c1nc(-c2ccc(F)cc2)oc1-c1ccc(N2CCS(O)(O)CC2)cc1. The lowest BCUT2D eigenvalue weighted by molar-refractivity contribution is -0.147. The van der Waals surface area contributed by atoms with Crippen molar-refractivity contribution in [1.82, 2.24) is 4.98 Å². The van der Waals surface area contributed by atoms with Gasteiger partial charge in [-0.1, -0.05) is 12.8 Å². The predicted octanol–water partition coefficient (Wildman–Crippen LogP) is 6.17. The minimum atomic E-state index is -2.46. The molecular weight excluding hydrogens is 483 g/mol. The van der Waals surface area contributed by atoms with Crippen LogP contribution in [0.15, 0.2) is 52.9 Å². The normalized spacial score (nSPS) is 22.7. The zero-order valence-electron chi connectivity index (χ0n) is 20.2. The average Bonchev–Trinajstić information content (AvgIpc) is 3.34. The molecular formula is C27H31FN2O5S. The number of benzene rings is 2. The number of nitrogens with zero attached hydrogens (tertiary/aromatic N) is 2. The third-order valence-electron chi connectivity index (χ3n) is 7.24. The van der Waals surface area contributed by atoms with Crippen LogP contribution >= 0.6 is 10.6 Å². The van der Waals surface area contributed by atoms with Crippen molar-refractivity contribution in [2.75, 3.05) is 36.6 Å². The van der Waals surface area contributed by atoms with Crippen LogP contribution in [-0.2, 0) is 9.53 Å². The van der Waals surface area contributed by atoms with Gasteiger partial charge < -0.3 is 14.1 Å². The second-order valence-electron chi connectivity index (χ2n) is 9.51. The molecule has 9 heteroatoms. The molecule has 7 nitrogen and oxygen atoms in total. The molecule has 2 heterocycles. The molecule has 2 atom stereocenters. The van der Waals surface area contributed by atoms with Gasteiger partial charge in [-0.25, -0.2) is 9.37 Å². The van der Waals surface area contributed by atoms with Crippen molar-refractivity contribution < 1.29 is 27.4 Å². The van der Waals surface area contributed by atoms with Crippen LogP contribution in [-0.4, -0.2) is 51.8 Å². The summed E-state index contributed by atoms with van der Waals surface area (Å²) in [6, 6.07) is 13.9. The third kappa shape index (κ3) is 5.14. The van der Waals surface area contributed by atoms with Gasteiger partial charge in [-0.05, 0) is 61.4 Å². The Morgan fingerprint density at radius 2 is 1.67 bits per heavy atom. The van der Waals surface area contributed by atoms with E-state index in [0.717, 1.165) is 42.6 Å². The third-order valence-corrected chi connectivity index (χ3v) is 8.91. The number of rotatable bonds is 5. The lowest BCUT2D eigenvalue weighted by atomic mass is 9.76. The fourth-order valence-electron chi connectivity index (χ4n) is 5.21. The van der Waals surface area contributed by atoms with Crippen LogP contribution in [0.3, 0.4) is 0 Å². The van der Waals surface area contributed by atoms with Crippen LogP contribution in [0.4, 0.5) is 10.1 Å². The van der Waals surface area contributed by atoms with E-state index in [2.05, 4.69) is 4.90 Å². The molecule has 1 aliphatic heterocycles. The minimum absolute atomic E-state index is 0.133. The summed E-state index contributed by atoms with van der Waals surface area (Å²) in [4.78, 5) is 19.6. The highest BCUT2D eigenvalue weighted by atomic mass is 32.3. The zero-order chi connectivity index (χ0) is 25.3. The number of halogens is 1. The quantitative estimate of drug-likeness (QED) is 0.393. The summed E-state index contributed by atoms with van der Waals surface area (Å²) < 4.78 is 44.8. The maximum absolute atomic E-state index is 13.5. The molecule has 1 saturated heterocycles. The Kier molecular flexibility index (Phi) is 7.05. The van der Waals surface area contributed by atoms with Crippen molar-refractivity contribution >= 4 is 22.2 Å². The van der Waals surface area contributed by atoms with Crippen molar-refractivity contribution in [2.24, 2.45) is 5.92 Å². The van der Waals surface area contributed by atoms with Gasteiger partial charge in [0.15, 0.2) is 5.76 Å². The number of ether oxygens (including phenoxy) is 1. The van der Waals surface area contributed by atoms with Gasteiger partial charge in [-0.15, -0.1) is 0 Å². The van der Waals surface area contributed by atoms with Crippen LogP contribution in [0.25, 0.3) is 22.8 Å². The van der Waals surface area contributed by atoms with E-state index in [1.807, 2.05) is 24.3 Å². The molecule has 0 amide bonds. The second-order valence-corrected chi connectivity index (χ2v) is 11.9. The van der Waals surface area contributed by atoms with E-state index in [1.54, 1.807) is 12.1 Å². The van der Waals surface area contributed by atoms with Crippen LogP contribution in [0.1, 0.15) is 37.3 Å². The topological polar surface area (TPSA) is 96.0 Å². The highest BCUT2D eigenvalue weighted by Gasteiger charge is 2.37. The van der Waals surface area contributed by atoms with Crippen molar-refractivity contribution in [1.29, 1.82) is 0 Å². The van der Waals surface area contributed by atoms with Crippen molar-refractivity contribution in [3.8, 4) is 22.8 Å². The molecule has 36 heavy (non-hydrogen) atoms. The standard InChI is InChI=1S/C27H31FN2O5S/c1-34-27(31)23-5-3-2-4-22(23)24-25(35-26(29-24)19-6-10-20(28)11-7-19)18-8-12-21(13-9-18)30-14-16-36(32,33)17-15-30/h6-13,22-23,32-33H,2-5,14-17H2,1H3. The predicted molar refractivity (Wildman–Crippen MR) is 139 cm³/mol. The first kappa shape index (κ1) is 24.8. The molecule has 1 aliphatic carbocycles. The number of hydrogen-bond acceptors (Lipinski definition) is 7. The van der Waals surface area contributed by atoms with Gasteiger partial charge in [-0.2, -0.15) is 10.6 Å². The summed E-state index contributed by atoms with van der Waals surface area (Å²) in [6.07, 6.45) is 3.50. The maximum atomic E-state index is 13.5. The fourth-order valence-corrected chi connectivity index (χ4v) is 6.44.